The minimum absolute atomic E-state index is 1.14. The lowest BCUT2D eigenvalue weighted by molar-refractivity contribution is -0.107. The molecular formula is C3H9O6P. The van der Waals surface area contributed by atoms with Gasteiger partial charge in [-0.3, -0.25) is 4.52 Å². The van der Waals surface area contributed by atoms with Gasteiger partial charge in [0.15, 0.2) is 6.29 Å². The molecule has 10 heavy (non-hydrogen) atoms. The molecule has 2 atom stereocenters. The van der Waals surface area contributed by atoms with E-state index in [1.165, 1.54) is 0 Å². The smallest absolute Gasteiger partial charge is 0.388 e. The second kappa shape index (κ2) is 3.43. The molecule has 0 aromatic rings. The zero-order chi connectivity index (χ0) is 8.36. The van der Waals surface area contributed by atoms with Gasteiger partial charge in [-0.15, -0.1) is 0 Å². The summed E-state index contributed by atoms with van der Waals surface area (Å²) >= 11 is 0. The quantitative estimate of drug-likeness (QED) is 0.314. The minimum Gasteiger partial charge on any atom is -0.388 e. The normalized spacial score (nSPS) is 18.5. The van der Waals surface area contributed by atoms with Crippen LogP contribution >= 0.6 is 7.82 Å². The zero-order valence-electron chi connectivity index (χ0n) is 5.21. The Morgan fingerprint density at radius 1 is 1.40 bits per heavy atom. The topological polar surface area (TPSA) is 107 Å². The summed E-state index contributed by atoms with van der Waals surface area (Å²) in [5.41, 5.74) is 0. The van der Waals surface area contributed by atoms with E-state index in [-0.39, 0.29) is 0 Å². The molecule has 0 fully saturated rings. The van der Waals surface area contributed by atoms with Crippen molar-refractivity contribution in [1.29, 1.82) is 0 Å². The number of aliphatic hydroxyl groups is 2. The molecule has 0 rings (SSSR count). The molecule has 0 radical (unpaired) electrons. The highest BCUT2D eigenvalue weighted by Gasteiger charge is 2.23. The molecule has 0 amide bonds. The van der Waals surface area contributed by atoms with Crippen LogP contribution in [0.1, 0.15) is 6.92 Å². The number of rotatable bonds is 3. The van der Waals surface area contributed by atoms with E-state index >= 15 is 0 Å². The van der Waals surface area contributed by atoms with Crippen molar-refractivity contribution >= 4 is 7.82 Å². The van der Waals surface area contributed by atoms with Crippen molar-refractivity contribution in [2.45, 2.75) is 19.3 Å². The molecule has 0 aromatic carbocycles. The fourth-order valence-electron chi connectivity index (χ4n) is 0.229. The molecule has 7 heteroatoms. The maximum atomic E-state index is 9.95. The highest BCUT2D eigenvalue weighted by molar-refractivity contribution is 7.46. The number of aliphatic hydroxyl groups excluding tert-OH is 2. The van der Waals surface area contributed by atoms with Crippen molar-refractivity contribution in [2.24, 2.45) is 0 Å². The van der Waals surface area contributed by atoms with E-state index < -0.39 is 20.2 Å². The van der Waals surface area contributed by atoms with E-state index in [1.54, 1.807) is 0 Å². The summed E-state index contributed by atoms with van der Waals surface area (Å²) in [6.45, 7) is 1.14. The Bertz CT molecular complexity index is 138. The van der Waals surface area contributed by atoms with Crippen LogP contribution in [-0.4, -0.2) is 32.4 Å². The van der Waals surface area contributed by atoms with Gasteiger partial charge < -0.3 is 20.0 Å². The van der Waals surface area contributed by atoms with Gasteiger partial charge in [-0.2, -0.15) is 0 Å². The lowest BCUT2D eigenvalue weighted by Gasteiger charge is -2.13. The number of hydrogen-bond donors (Lipinski definition) is 4. The average molecular weight is 172 g/mol. The van der Waals surface area contributed by atoms with Gasteiger partial charge >= 0.3 is 7.82 Å². The fourth-order valence-corrected chi connectivity index (χ4v) is 0.686. The minimum atomic E-state index is -4.69. The monoisotopic (exact) mass is 172 g/mol. The van der Waals surface area contributed by atoms with Gasteiger partial charge in [0, 0.05) is 0 Å². The van der Waals surface area contributed by atoms with Gasteiger partial charge in [0.1, 0.15) is 6.10 Å². The Balaban J connectivity index is 3.80. The van der Waals surface area contributed by atoms with E-state index in [0.29, 0.717) is 0 Å². The number of phosphoric acid groups is 1. The third-order valence-corrected chi connectivity index (χ3v) is 1.15. The first-order valence-electron chi connectivity index (χ1n) is 2.43. The Kier molecular flexibility index (Phi) is 3.44. The Hall–Kier alpha value is 0.0300. The van der Waals surface area contributed by atoms with Crippen molar-refractivity contribution in [1.82, 2.24) is 0 Å². The van der Waals surface area contributed by atoms with Crippen LogP contribution in [0.4, 0.5) is 0 Å². The van der Waals surface area contributed by atoms with Crippen LogP contribution in [0.15, 0.2) is 0 Å². The van der Waals surface area contributed by atoms with Gasteiger partial charge in [0.25, 0.3) is 0 Å². The molecule has 6 nitrogen and oxygen atoms in total. The van der Waals surface area contributed by atoms with Crippen molar-refractivity contribution in [3.63, 3.8) is 0 Å². The summed E-state index contributed by atoms with van der Waals surface area (Å²) in [4.78, 5) is 16.1. The van der Waals surface area contributed by atoms with Crippen LogP contribution < -0.4 is 0 Å². The van der Waals surface area contributed by atoms with E-state index in [4.69, 9.17) is 20.0 Å². The van der Waals surface area contributed by atoms with Crippen LogP contribution in [0.5, 0.6) is 0 Å². The van der Waals surface area contributed by atoms with E-state index in [1.807, 2.05) is 0 Å². The highest BCUT2D eigenvalue weighted by Crippen LogP contribution is 2.37. The van der Waals surface area contributed by atoms with Crippen LogP contribution in [0.25, 0.3) is 0 Å². The summed E-state index contributed by atoms with van der Waals surface area (Å²) in [6.07, 6.45) is -3.17. The Labute approximate surface area is 57.3 Å². The Morgan fingerprint density at radius 2 is 1.80 bits per heavy atom. The number of hydrogen-bond acceptors (Lipinski definition) is 4. The fraction of sp³-hybridized carbons (Fsp3) is 1.00. The second-order valence-electron chi connectivity index (χ2n) is 1.73. The van der Waals surface area contributed by atoms with Crippen LogP contribution in [0.2, 0.25) is 0 Å². The summed E-state index contributed by atoms with van der Waals surface area (Å²) in [6, 6.07) is 0. The first-order valence-corrected chi connectivity index (χ1v) is 3.96. The molecule has 0 aromatic heterocycles. The van der Waals surface area contributed by atoms with E-state index in [0.717, 1.165) is 6.92 Å². The summed E-state index contributed by atoms with van der Waals surface area (Å²) in [7, 11) is -4.69. The summed E-state index contributed by atoms with van der Waals surface area (Å²) in [5.74, 6) is 0. The van der Waals surface area contributed by atoms with Gasteiger partial charge in [0.05, 0.1) is 0 Å². The summed E-state index contributed by atoms with van der Waals surface area (Å²) in [5, 5.41) is 17.0. The molecule has 0 aliphatic rings. The van der Waals surface area contributed by atoms with Crippen LogP contribution in [0, 0.1) is 0 Å². The molecule has 0 unspecified atom stereocenters. The molecule has 0 saturated carbocycles. The second-order valence-corrected chi connectivity index (χ2v) is 2.92. The number of phosphoric ester groups is 1. The van der Waals surface area contributed by atoms with Crippen molar-refractivity contribution < 1.29 is 29.1 Å². The van der Waals surface area contributed by atoms with Gasteiger partial charge in [-0.1, -0.05) is 0 Å². The zero-order valence-corrected chi connectivity index (χ0v) is 6.10. The molecule has 0 bridgehead atoms. The molecule has 0 aliphatic heterocycles. The maximum absolute atomic E-state index is 9.95. The third kappa shape index (κ3) is 4.87. The average Bonchev–Trinajstić information content (AvgIpc) is 1.60. The predicted molar refractivity (Wildman–Crippen MR) is 30.8 cm³/mol. The van der Waals surface area contributed by atoms with Crippen molar-refractivity contribution in [3.05, 3.63) is 0 Å². The van der Waals surface area contributed by atoms with Crippen LogP contribution in [-0.2, 0) is 9.09 Å². The van der Waals surface area contributed by atoms with Crippen LogP contribution in [0.3, 0.4) is 0 Å². The molecule has 0 heterocycles. The van der Waals surface area contributed by atoms with Gasteiger partial charge in [-0.05, 0) is 6.92 Å². The molecule has 0 aliphatic carbocycles. The molecule has 0 spiro atoms. The third-order valence-electron chi connectivity index (χ3n) is 0.658. The SMILES string of the molecule is C[C@H](O)[C@@H](O)OP(=O)(O)O. The maximum Gasteiger partial charge on any atom is 0.472 e. The van der Waals surface area contributed by atoms with Crippen molar-refractivity contribution in [3.8, 4) is 0 Å². The largest absolute Gasteiger partial charge is 0.472 e. The van der Waals surface area contributed by atoms with Gasteiger partial charge in [0.2, 0.25) is 0 Å². The molecular weight excluding hydrogens is 163 g/mol. The van der Waals surface area contributed by atoms with Crippen molar-refractivity contribution in [2.75, 3.05) is 0 Å². The first-order chi connectivity index (χ1) is 4.33. The Morgan fingerprint density at radius 3 is 1.90 bits per heavy atom. The predicted octanol–water partition coefficient (Wildman–Crippen LogP) is -1.21. The van der Waals surface area contributed by atoms with Gasteiger partial charge in [-0.25, -0.2) is 4.57 Å². The molecule has 62 valence electrons. The highest BCUT2D eigenvalue weighted by atomic mass is 31.2. The summed E-state index contributed by atoms with van der Waals surface area (Å²) < 4.78 is 13.6. The van der Waals surface area contributed by atoms with E-state index in [2.05, 4.69) is 4.52 Å². The first kappa shape index (κ1) is 10.0. The van der Waals surface area contributed by atoms with E-state index in [9.17, 15) is 4.57 Å². The molecule has 4 N–H and O–H groups in total. The molecule has 0 saturated heterocycles. The lowest BCUT2D eigenvalue weighted by Crippen LogP contribution is -2.24. The lowest BCUT2D eigenvalue weighted by atomic mass is 10.4. The standard InChI is InChI=1S/C3H9O6P/c1-2(4)3(5)9-10(6,7)8/h2-5H,1H3,(H2,6,7,8)/t2-,3-/m0/s1.